The molecule has 0 bridgehead atoms. The minimum absolute atomic E-state index is 0.129. The van der Waals surface area contributed by atoms with E-state index in [0.717, 1.165) is 0 Å². The molecule has 0 radical (unpaired) electrons. The lowest BCUT2D eigenvalue weighted by Crippen LogP contribution is -2.29. The molecule has 17 heavy (non-hydrogen) atoms. The Hall–Kier alpha value is -1.50. The number of nitrogens with two attached hydrogens (primary N) is 2. The molecular weight excluding hydrogens is 299 g/mol. The fourth-order valence-corrected chi connectivity index (χ4v) is 1.41. The summed E-state index contributed by atoms with van der Waals surface area (Å²) in [4.78, 5) is 3.47. The standard InChI is InChI=1S/C10H9BrF3N3/c11-6-3-1-2-4-8(6)17-9(7(16)5-15)10(12,13)14/h1-5H,15-16H2/b7-5+,17-9?. The van der Waals surface area contributed by atoms with E-state index in [9.17, 15) is 13.2 Å². The van der Waals surface area contributed by atoms with E-state index < -0.39 is 17.6 Å². The van der Waals surface area contributed by atoms with E-state index in [4.69, 9.17) is 11.5 Å². The molecule has 3 nitrogen and oxygen atoms in total. The maximum Gasteiger partial charge on any atom is 0.435 e. The minimum Gasteiger partial charge on any atom is -0.403 e. The van der Waals surface area contributed by atoms with Crippen molar-refractivity contribution >= 4 is 27.3 Å². The quantitative estimate of drug-likeness (QED) is 0.825. The van der Waals surface area contributed by atoms with E-state index >= 15 is 0 Å². The number of allylic oxidation sites excluding steroid dienone is 1. The van der Waals surface area contributed by atoms with Gasteiger partial charge in [0.15, 0.2) is 5.71 Å². The highest BCUT2D eigenvalue weighted by atomic mass is 79.9. The monoisotopic (exact) mass is 307 g/mol. The third-order valence-corrected chi connectivity index (χ3v) is 2.48. The average molecular weight is 308 g/mol. The number of nitrogens with zero attached hydrogens (tertiary/aromatic N) is 1. The molecule has 0 aliphatic heterocycles. The van der Waals surface area contributed by atoms with Gasteiger partial charge in [-0.25, -0.2) is 4.99 Å². The van der Waals surface area contributed by atoms with E-state index in [1.54, 1.807) is 18.2 Å². The van der Waals surface area contributed by atoms with Gasteiger partial charge >= 0.3 is 6.18 Å². The summed E-state index contributed by atoms with van der Waals surface area (Å²) in [6.45, 7) is 0. The van der Waals surface area contributed by atoms with Crippen LogP contribution >= 0.6 is 15.9 Å². The van der Waals surface area contributed by atoms with E-state index in [-0.39, 0.29) is 5.69 Å². The smallest absolute Gasteiger partial charge is 0.403 e. The number of alkyl halides is 3. The molecule has 0 aliphatic carbocycles. The highest BCUT2D eigenvalue weighted by Crippen LogP contribution is 2.28. The topological polar surface area (TPSA) is 64.4 Å². The van der Waals surface area contributed by atoms with Crippen LogP contribution in [0.15, 0.2) is 45.6 Å². The zero-order valence-electron chi connectivity index (χ0n) is 8.50. The number of para-hydroxylation sites is 1. The van der Waals surface area contributed by atoms with Gasteiger partial charge in [-0.15, -0.1) is 0 Å². The van der Waals surface area contributed by atoms with Crippen molar-refractivity contribution < 1.29 is 13.2 Å². The fraction of sp³-hybridized carbons (Fsp3) is 0.100. The Morgan fingerprint density at radius 3 is 2.35 bits per heavy atom. The van der Waals surface area contributed by atoms with Crippen molar-refractivity contribution in [3.05, 3.63) is 40.6 Å². The van der Waals surface area contributed by atoms with E-state index in [1.807, 2.05) is 0 Å². The second-order valence-corrected chi connectivity index (χ2v) is 3.89. The van der Waals surface area contributed by atoms with E-state index in [2.05, 4.69) is 20.9 Å². The van der Waals surface area contributed by atoms with Crippen molar-refractivity contribution in [1.29, 1.82) is 0 Å². The van der Waals surface area contributed by atoms with Crippen LogP contribution in [0.4, 0.5) is 18.9 Å². The SMILES string of the molecule is N/C=C(/N)C(=Nc1ccccc1Br)C(F)(F)F. The van der Waals surface area contributed by atoms with Crippen molar-refractivity contribution in [3.63, 3.8) is 0 Å². The largest absolute Gasteiger partial charge is 0.435 e. The number of halogens is 4. The van der Waals surface area contributed by atoms with Gasteiger partial charge < -0.3 is 11.5 Å². The van der Waals surface area contributed by atoms with Crippen LogP contribution in [0.25, 0.3) is 0 Å². The fourth-order valence-electron chi connectivity index (χ4n) is 1.03. The average Bonchev–Trinajstić information content (AvgIpc) is 2.25. The molecule has 1 aromatic rings. The Morgan fingerprint density at radius 2 is 1.88 bits per heavy atom. The molecule has 0 aromatic heterocycles. The molecule has 1 aromatic carbocycles. The van der Waals surface area contributed by atoms with Gasteiger partial charge in [0.05, 0.1) is 11.4 Å². The molecule has 0 fully saturated rings. The van der Waals surface area contributed by atoms with Crippen LogP contribution < -0.4 is 11.5 Å². The van der Waals surface area contributed by atoms with Gasteiger partial charge in [0.2, 0.25) is 0 Å². The summed E-state index contributed by atoms with van der Waals surface area (Å²) in [6.07, 6.45) is -3.99. The molecular formula is C10H9BrF3N3. The van der Waals surface area contributed by atoms with Gasteiger partial charge in [-0.2, -0.15) is 13.2 Å². The van der Waals surface area contributed by atoms with Gasteiger partial charge in [0.1, 0.15) is 0 Å². The van der Waals surface area contributed by atoms with Crippen molar-refractivity contribution in [1.82, 2.24) is 0 Å². The van der Waals surface area contributed by atoms with Crippen LogP contribution in [-0.4, -0.2) is 11.9 Å². The van der Waals surface area contributed by atoms with Crippen LogP contribution in [0.1, 0.15) is 0 Å². The first-order chi connectivity index (χ1) is 7.86. The summed E-state index contributed by atoms with van der Waals surface area (Å²) in [5.41, 5.74) is 8.45. The molecule has 0 aliphatic rings. The maximum absolute atomic E-state index is 12.7. The number of hydrogen-bond acceptors (Lipinski definition) is 3. The first-order valence-electron chi connectivity index (χ1n) is 4.44. The predicted octanol–water partition coefficient (Wildman–Crippen LogP) is 2.84. The number of aliphatic imine (C=N–C) groups is 1. The van der Waals surface area contributed by atoms with Crippen molar-refractivity contribution in [2.24, 2.45) is 16.5 Å². The van der Waals surface area contributed by atoms with Crippen LogP contribution in [-0.2, 0) is 0 Å². The van der Waals surface area contributed by atoms with Gasteiger partial charge in [0.25, 0.3) is 0 Å². The van der Waals surface area contributed by atoms with Crippen molar-refractivity contribution in [2.45, 2.75) is 6.18 Å². The first kappa shape index (κ1) is 13.6. The highest BCUT2D eigenvalue weighted by Gasteiger charge is 2.37. The summed E-state index contributed by atoms with van der Waals surface area (Å²) in [5.74, 6) is 0. The molecule has 92 valence electrons. The summed E-state index contributed by atoms with van der Waals surface area (Å²) in [7, 11) is 0. The third kappa shape index (κ3) is 3.48. The lowest BCUT2D eigenvalue weighted by molar-refractivity contribution is -0.0582. The lowest BCUT2D eigenvalue weighted by atomic mass is 10.2. The molecule has 0 atom stereocenters. The van der Waals surface area contributed by atoms with Crippen molar-refractivity contribution in [2.75, 3.05) is 0 Å². The second-order valence-electron chi connectivity index (χ2n) is 3.03. The molecule has 0 unspecified atom stereocenters. The normalized spacial score (nSPS) is 13.9. The molecule has 0 amide bonds. The molecule has 0 saturated heterocycles. The molecule has 1 rings (SSSR count). The molecule has 4 N–H and O–H groups in total. The Bertz CT molecular complexity index is 466. The van der Waals surface area contributed by atoms with E-state index in [1.165, 1.54) is 6.07 Å². The summed E-state index contributed by atoms with van der Waals surface area (Å²) in [6, 6.07) is 6.24. The second kappa shape index (κ2) is 5.22. The molecule has 0 spiro atoms. The van der Waals surface area contributed by atoms with Crippen LogP contribution in [0, 0.1) is 0 Å². The summed E-state index contributed by atoms with van der Waals surface area (Å²) >= 11 is 3.10. The molecule has 0 heterocycles. The summed E-state index contributed by atoms with van der Waals surface area (Å²) in [5, 5.41) is 0. The van der Waals surface area contributed by atoms with Gasteiger partial charge in [0, 0.05) is 10.7 Å². The Labute approximate surface area is 104 Å². The molecule has 7 heteroatoms. The van der Waals surface area contributed by atoms with Crippen LogP contribution in [0.5, 0.6) is 0 Å². The minimum atomic E-state index is -4.66. The highest BCUT2D eigenvalue weighted by molar-refractivity contribution is 9.10. The Balaban J connectivity index is 3.30. The summed E-state index contributed by atoms with van der Waals surface area (Å²) < 4.78 is 38.4. The third-order valence-electron chi connectivity index (χ3n) is 1.81. The molecule has 0 saturated carbocycles. The van der Waals surface area contributed by atoms with Crippen LogP contribution in [0.2, 0.25) is 0 Å². The predicted molar refractivity (Wildman–Crippen MR) is 63.7 cm³/mol. The zero-order chi connectivity index (χ0) is 13.1. The first-order valence-corrected chi connectivity index (χ1v) is 5.23. The maximum atomic E-state index is 12.7. The van der Waals surface area contributed by atoms with Gasteiger partial charge in [-0.3, -0.25) is 0 Å². The van der Waals surface area contributed by atoms with Crippen molar-refractivity contribution in [3.8, 4) is 0 Å². The lowest BCUT2D eigenvalue weighted by Gasteiger charge is -2.10. The van der Waals surface area contributed by atoms with Gasteiger partial charge in [-0.1, -0.05) is 12.1 Å². The van der Waals surface area contributed by atoms with E-state index in [0.29, 0.717) is 10.7 Å². The zero-order valence-corrected chi connectivity index (χ0v) is 10.1. The Kier molecular flexibility index (Phi) is 4.17. The number of hydrogen-bond donors (Lipinski definition) is 2. The van der Waals surface area contributed by atoms with Gasteiger partial charge in [-0.05, 0) is 28.1 Å². The number of benzene rings is 1. The van der Waals surface area contributed by atoms with Crippen LogP contribution in [0.3, 0.4) is 0 Å². The number of rotatable bonds is 2. The Morgan fingerprint density at radius 1 is 1.29 bits per heavy atom.